The molecule has 20 heavy (non-hydrogen) atoms. The number of hydrogen-bond donors (Lipinski definition) is 0. The van der Waals surface area contributed by atoms with Gasteiger partial charge in [0.1, 0.15) is 0 Å². The lowest BCUT2D eigenvalue weighted by Crippen LogP contribution is -2.70. The van der Waals surface area contributed by atoms with Gasteiger partial charge in [0.05, 0.1) is 11.2 Å². The Morgan fingerprint density at radius 3 is 2.50 bits per heavy atom. The molecule has 3 saturated carbocycles. The summed E-state index contributed by atoms with van der Waals surface area (Å²) in [5, 5.41) is 0. The first-order chi connectivity index (χ1) is 9.28. The molecular formula is C16H28BNO2. The second-order valence-corrected chi connectivity index (χ2v) is 8.64. The molecule has 0 N–H and O–H groups in total. The van der Waals surface area contributed by atoms with Gasteiger partial charge in [-0.2, -0.15) is 0 Å². The minimum absolute atomic E-state index is 0.0207. The van der Waals surface area contributed by atoms with Gasteiger partial charge in [0.2, 0.25) is 0 Å². The fraction of sp³-hybridized carbons (Fsp3) is 1.00. The maximum atomic E-state index is 6.63. The van der Waals surface area contributed by atoms with E-state index in [0.717, 1.165) is 5.92 Å². The Kier molecular flexibility index (Phi) is 2.60. The van der Waals surface area contributed by atoms with Crippen molar-refractivity contribution >= 4 is 7.12 Å². The Labute approximate surface area is 123 Å². The first-order valence-electron chi connectivity index (χ1n) is 8.34. The Hall–Kier alpha value is -0.0551. The van der Waals surface area contributed by atoms with Gasteiger partial charge >= 0.3 is 7.12 Å². The van der Waals surface area contributed by atoms with E-state index in [1.165, 1.54) is 32.2 Å². The Balaban J connectivity index is 1.63. The van der Waals surface area contributed by atoms with Crippen LogP contribution in [0.2, 0.25) is 0 Å². The van der Waals surface area contributed by atoms with E-state index in [0.29, 0.717) is 17.3 Å². The number of rotatable bonds is 1. The molecule has 2 heterocycles. The zero-order chi connectivity index (χ0) is 14.3. The van der Waals surface area contributed by atoms with Crippen molar-refractivity contribution in [3.63, 3.8) is 0 Å². The van der Waals surface area contributed by atoms with Crippen LogP contribution in [0, 0.1) is 17.3 Å². The van der Waals surface area contributed by atoms with E-state index in [1.807, 2.05) is 0 Å². The Morgan fingerprint density at radius 1 is 1.15 bits per heavy atom. The van der Waals surface area contributed by atoms with Crippen LogP contribution in [-0.2, 0) is 9.31 Å². The maximum absolute atomic E-state index is 6.63. The number of hydrogen-bond acceptors (Lipinski definition) is 3. The summed E-state index contributed by atoms with van der Waals surface area (Å²) < 4.78 is 13.2. The van der Waals surface area contributed by atoms with Crippen LogP contribution in [0.3, 0.4) is 0 Å². The number of likely N-dealkylation sites (tertiary alicyclic amines) is 1. The third-order valence-electron chi connectivity index (χ3n) is 7.45. The summed E-state index contributed by atoms with van der Waals surface area (Å²) in [4.78, 5) is 2.42. The average Bonchev–Trinajstić information content (AvgIpc) is 2.88. The zero-order valence-electron chi connectivity index (χ0n) is 13.6. The van der Waals surface area contributed by atoms with Gasteiger partial charge in [0.25, 0.3) is 0 Å². The lowest BCUT2D eigenvalue weighted by Gasteiger charge is -2.67. The summed E-state index contributed by atoms with van der Waals surface area (Å²) in [6, 6.07) is 0. The quantitative estimate of drug-likeness (QED) is 0.688. The van der Waals surface area contributed by atoms with E-state index in [9.17, 15) is 0 Å². The van der Waals surface area contributed by atoms with Crippen molar-refractivity contribution in [2.24, 2.45) is 17.3 Å². The van der Waals surface area contributed by atoms with E-state index in [2.05, 4.69) is 39.6 Å². The third-order valence-corrected chi connectivity index (χ3v) is 7.45. The van der Waals surface area contributed by atoms with Crippen LogP contribution in [0.25, 0.3) is 0 Å². The Bertz CT molecular complexity index is 442. The molecule has 0 radical (unpaired) electrons. The normalized spacial score (nSPS) is 53.9. The highest BCUT2D eigenvalue weighted by Crippen LogP contribution is 2.69. The SMILES string of the molecule is CN1CCCC1B1O[C@]2(C)C[C@H]3C[C@H](C3(C)C)[C@]2(C)O1. The average molecular weight is 277 g/mol. The van der Waals surface area contributed by atoms with E-state index in [1.54, 1.807) is 0 Å². The predicted octanol–water partition coefficient (Wildman–Crippen LogP) is 2.74. The van der Waals surface area contributed by atoms with Gasteiger partial charge in [-0.1, -0.05) is 13.8 Å². The second-order valence-electron chi connectivity index (χ2n) is 8.64. The number of nitrogens with zero attached hydrogens (tertiary/aromatic N) is 1. The smallest absolute Gasteiger partial charge is 0.402 e. The monoisotopic (exact) mass is 277 g/mol. The molecule has 0 amide bonds. The first-order valence-corrected chi connectivity index (χ1v) is 8.34. The summed E-state index contributed by atoms with van der Waals surface area (Å²) in [6.07, 6.45) is 4.98. The molecule has 2 aliphatic heterocycles. The predicted molar refractivity (Wildman–Crippen MR) is 80.4 cm³/mol. The third kappa shape index (κ3) is 1.43. The molecule has 3 nitrogen and oxygen atoms in total. The highest BCUT2D eigenvalue weighted by molar-refractivity contribution is 6.47. The maximum Gasteiger partial charge on any atom is 0.476 e. The molecule has 5 atom stereocenters. The van der Waals surface area contributed by atoms with Crippen molar-refractivity contribution in [3.05, 3.63) is 0 Å². The highest BCUT2D eigenvalue weighted by Gasteiger charge is 2.73. The summed E-state index contributed by atoms with van der Waals surface area (Å²) in [5.41, 5.74) is 0.248. The van der Waals surface area contributed by atoms with Gasteiger partial charge in [-0.3, -0.25) is 0 Å². The van der Waals surface area contributed by atoms with Crippen LogP contribution in [0.4, 0.5) is 0 Å². The standard InChI is InChI=1S/C16H28BNO2/c1-14(2)11-9-12(14)16(4)15(3,10-11)19-17(20-16)13-7-6-8-18(13)5/h11-13H,6-10H2,1-5H3/t11-,12-,13?,15-,16+/m1/s1. The van der Waals surface area contributed by atoms with E-state index in [-0.39, 0.29) is 18.3 Å². The lowest BCUT2D eigenvalue weighted by atomic mass is 9.41. The molecule has 5 aliphatic rings. The summed E-state index contributed by atoms with van der Waals surface area (Å²) in [5.74, 6) is 1.92. The molecule has 2 saturated heterocycles. The molecule has 0 aromatic rings. The van der Waals surface area contributed by atoms with E-state index < -0.39 is 0 Å². The zero-order valence-corrected chi connectivity index (χ0v) is 13.6. The molecule has 4 heteroatoms. The molecule has 5 fully saturated rings. The molecule has 3 aliphatic carbocycles. The van der Waals surface area contributed by atoms with Gasteiger partial charge < -0.3 is 14.2 Å². The minimum atomic E-state index is -0.0979. The minimum Gasteiger partial charge on any atom is -0.402 e. The van der Waals surface area contributed by atoms with Crippen molar-refractivity contribution in [2.45, 2.75) is 70.5 Å². The summed E-state index contributed by atoms with van der Waals surface area (Å²) in [7, 11) is 2.19. The molecule has 0 aromatic carbocycles. The van der Waals surface area contributed by atoms with Crippen LogP contribution >= 0.6 is 0 Å². The lowest BCUT2D eigenvalue weighted by molar-refractivity contribution is -0.235. The topological polar surface area (TPSA) is 21.7 Å². The van der Waals surface area contributed by atoms with Gasteiger partial charge in [-0.25, -0.2) is 0 Å². The van der Waals surface area contributed by atoms with E-state index >= 15 is 0 Å². The summed E-state index contributed by atoms with van der Waals surface area (Å²) in [6.45, 7) is 10.7. The van der Waals surface area contributed by atoms with Crippen molar-refractivity contribution in [1.82, 2.24) is 4.90 Å². The fourth-order valence-corrected chi connectivity index (χ4v) is 5.67. The van der Waals surface area contributed by atoms with Crippen molar-refractivity contribution in [3.8, 4) is 0 Å². The van der Waals surface area contributed by atoms with Gasteiger partial charge in [0, 0.05) is 5.94 Å². The second kappa shape index (κ2) is 3.82. The highest BCUT2D eigenvalue weighted by atomic mass is 16.7. The first kappa shape index (κ1) is 13.6. The van der Waals surface area contributed by atoms with Crippen LogP contribution < -0.4 is 0 Å². The molecule has 0 aromatic heterocycles. The van der Waals surface area contributed by atoms with Gasteiger partial charge in [-0.05, 0) is 70.4 Å². The molecule has 1 unspecified atom stereocenters. The van der Waals surface area contributed by atoms with Gasteiger partial charge in [-0.15, -0.1) is 0 Å². The largest absolute Gasteiger partial charge is 0.476 e. The van der Waals surface area contributed by atoms with Crippen molar-refractivity contribution in [1.29, 1.82) is 0 Å². The van der Waals surface area contributed by atoms with Gasteiger partial charge in [0.15, 0.2) is 0 Å². The van der Waals surface area contributed by atoms with Crippen LogP contribution in [0.15, 0.2) is 0 Å². The van der Waals surface area contributed by atoms with Crippen LogP contribution in [0.1, 0.15) is 53.4 Å². The van der Waals surface area contributed by atoms with Crippen LogP contribution in [-0.4, -0.2) is 42.8 Å². The molecular weight excluding hydrogens is 249 g/mol. The fourth-order valence-electron chi connectivity index (χ4n) is 5.67. The Morgan fingerprint density at radius 2 is 1.90 bits per heavy atom. The molecule has 0 spiro atoms. The summed E-state index contributed by atoms with van der Waals surface area (Å²) >= 11 is 0. The molecule has 5 rings (SSSR count). The molecule has 2 bridgehead atoms. The molecule has 112 valence electrons. The van der Waals surface area contributed by atoms with Crippen molar-refractivity contribution in [2.75, 3.05) is 13.6 Å². The van der Waals surface area contributed by atoms with E-state index in [4.69, 9.17) is 9.31 Å². The van der Waals surface area contributed by atoms with Crippen molar-refractivity contribution < 1.29 is 9.31 Å². The van der Waals surface area contributed by atoms with Crippen LogP contribution in [0.5, 0.6) is 0 Å².